The van der Waals surface area contributed by atoms with E-state index in [0.717, 1.165) is 26.3 Å². The monoisotopic (exact) mass is 420 g/mol. The van der Waals surface area contributed by atoms with E-state index in [2.05, 4.69) is 21.3 Å². The Kier molecular flexibility index (Phi) is 57.6. The second-order valence-electron chi connectivity index (χ2n) is 5.73. The van der Waals surface area contributed by atoms with Gasteiger partial charge in [-0.05, 0) is 71.4 Å². The summed E-state index contributed by atoms with van der Waals surface area (Å²) < 4.78 is 5.01. The number of nitrogens with one attached hydrogen (secondary N) is 4. The maximum Gasteiger partial charge on any atom is 0.0591 e. The second-order valence-corrected chi connectivity index (χ2v) is 5.73. The number of morpholine rings is 1. The molecule has 4 aliphatic rings. The van der Waals surface area contributed by atoms with Gasteiger partial charge < -0.3 is 26.0 Å². The van der Waals surface area contributed by atoms with Crippen LogP contribution in [-0.2, 0) is 4.74 Å². The molecule has 0 atom stereocenters. The summed E-state index contributed by atoms with van der Waals surface area (Å²) in [5.41, 5.74) is 0. The Morgan fingerprint density at radius 3 is 0.690 bits per heavy atom. The highest BCUT2D eigenvalue weighted by molar-refractivity contribution is 4.57. The van der Waals surface area contributed by atoms with Gasteiger partial charge in [-0.2, -0.15) is 0 Å². The fourth-order valence-corrected chi connectivity index (χ4v) is 2.12. The van der Waals surface area contributed by atoms with Crippen molar-refractivity contribution in [1.82, 2.24) is 21.3 Å². The minimum absolute atomic E-state index is 0.889. The minimum atomic E-state index is 0.889. The topological polar surface area (TPSA) is 57.3 Å². The first-order valence-corrected chi connectivity index (χ1v) is 12.9. The lowest BCUT2D eigenvalue weighted by atomic mass is 10.2. The summed E-state index contributed by atoms with van der Waals surface area (Å²) in [4.78, 5) is 0. The van der Waals surface area contributed by atoms with E-state index in [1.54, 1.807) is 0 Å². The fraction of sp³-hybridized carbons (Fsp3) is 1.00. The zero-order valence-corrected chi connectivity index (χ0v) is 21.7. The van der Waals surface area contributed by atoms with Crippen molar-refractivity contribution in [3.63, 3.8) is 0 Å². The molecule has 5 heteroatoms. The van der Waals surface area contributed by atoms with E-state index in [1.807, 2.05) is 55.4 Å². The molecular weight excluding hydrogens is 360 g/mol. The first-order valence-electron chi connectivity index (χ1n) is 12.9. The zero-order valence-electron chi connectivity index (χ0n) is 21.7. The van der Waals surface area contributed by atoms with Crippen LogP contribution in [0.3, 0.4) is 0 Å². The summed E-state index contributed by atoms with van der Waals surface area (Å²) in [6.07, 6.45) is 8.38. The molecule has 4 heterocycles. The highest BCUT2D eigenvalue weighted by atomic mass is 16.5. The van der Waals surface area contributed by atoms with Crippen LogP contribution in [0.2, 0.25) is 0 Å². The van der Waals surface area contributed by atoms with Crippen LogP contribution < -0.4 is 21.3 Å². The van der Waals surface area contributed by atoms with Crippen LogP contribution in [0, 0.1) is 0 Å². The van der Waals surface area contributed by atoms with E-state index < -0.39 is 0 Å². The maximum atomic E-state index is 5.01. The molecule has 0 amide bonds. The smallest absolute Gasteiger partial charge is 0.0591 e. The second kappa shape index (κ2) is 46.2. The van der Waals surface area contributed by atoms with Gasteiger partial charge in [-0.25, -0.2) is 0 Å². The highest BCUT2D eigenvalue weighted by Crippen LogP contribution is 1.96. The number of ether oxygens (including phenoxy) is 1. The molecule has 4 fully saturated rings. The average Bonchev–Trinajstić information content (AvgIpc) is 3.41. The highest BCUT2D eigenvalue weighted by Gasteiger charge is 1.94. The third-order valence-corrected chi connectivity index (χ3v) is 3.72. The summed E-state index contributed by atoms with van der Waals surface area (Å²) in [5.74, 6) is 0. The van der Waals surface area contributed by atoms with Gasteiger partial charge in [-0.3, -0.25) is 0 Å². The van der Waals surface area contributed by atoms with Gasteiger partial charge in [0.05, 0.1) is 13.2 Å². The number of hydrogen-bond donors (Lipinski definition) is 4. The molecule has 182 valence electrons. The number of hydrogen-bond acceptors (Lipinski definition) is 5. The third kappa shape index (κ3) is 42.8. The Morgan fingerprint density at radius 1 is 0.345 bits per heavy atom. The Balaban J connectivity index is -0.000000130. The van der Waals surface area contributed by atoms with Crippen LogP contribution in [0.25, 0.3) is 0 Å². The molecule has 0 radical (unpaired) electrons. The molecule has 5 nitrogen and oxygen atoms in total. The van der Waals surface area contributed by atoms with Crippen molar-refractivity contribution >= 4 is 0 Å². The summed E-state index contributed by atoms with van der Waals surface area (Å²) >= 11 is 0. The molecule has 4 rings (SSSR count). The first-order chi connectivity index (χ1) is 14.5. The molecule has 0 spiro atoms. The SMILES string of the molecule is C1CCNC1.C1CCNCC1.C1CNC1.C1COCCN1.CC.CC.CC.CC. The Bertz CT molecular complexity index is 145. The molecule has 0 aromatic rings. The van der Waals surface area contributed by atoms with Gasteiger partial charge in [-0.15, -0.1) is 0 Å². The van der Waals surface area contributed by atoms with E-state index in [9.17, 15) is 0 Å². The van der Waals surface area contributed by atoms with Crippen molar-refractivity contribution in [3.8, 4) is 0 Å². The van der Waals surface area contributed by atoms with E-state index >= 15 is 0 Å². The van der Waals surface area contributed by atoms with Crippen LogP contribution >= 0.6 is 0 Å². The van der Waals surface area contributed by atoms with Gasteiger partial charge in [-0.1, -0.05) is 61.8 Å². The molecule has 4 aliphatic heterocycles. The fourth-order valence-electron chi connectivity index (χ4n) is 2.12. The van der Waals surface area contributed by atoms with Crippen molar-refractivity contribution in [2.45, 2.75) is 93.9 Å². The molecule has 0 aromatic carbocycles. The van der Waals surface area contributed by atoms with Crippen LogP contribution in [0.4, 0.5) is 0 Å². The van der Waals surface area contributed by atoms with Crippen molar-refractivity contribution in [2.24, 2.45) is 0 Å². The summed E-state index contributed by atoms with van der Waals surface area (Å²) in [7, 11) is 0. The summed E-state index contributed by atoms with van der Waals surface area (Å²) in [5, 5.41) is 12.8. The van der Waals surface area contributed by atoms with Gasteiger partial charge in [0, 0.05) is 13.1 Å². The third-order valence-electron chi connectivity index (χ3n) is 3.72. The minimum Gasteiger partial charge on any atom is -0.379 e. The molecule has 4 N–H and O–H groups in total. The van der Waals surface area contributed by atoms with Crippen LogP contribution in [0.5, 0.6) is 0 Å². The summed E-state index contributed by atoms with van der Waals surface area (Å²) in [6, 6.07) is 0. The van der Waals surface area contributed by atoms with E-state index in [-0.39, 0.29) is 0 Å². The molecule has 0 saturated carbocycles. The van der Waals surface area contributed by atoms with E-state index in [1.165, 1.54) is 77.8 Å². The molecular formula is C24H60N4O. The van der Waals surface area contributed by atoms with Crippen molar-refractivity contribution < 1.29 is 4.74 Å². The number of piperidine rings is 1. The normalized spacial score (nSPS) is 18.2. The van der Waals surface area contributed by atoms with Gasteiger partial charge in [0.1, 0.15) is 0 Å². The van der Waals surface area contributed by atoms with Crippen LogP contribution in [0.15, 0.2) is 0 Å². The Labute approximate surface area is 185 Å². The molecule has 0 unspecified atom stereocenters. The molecule has 0 bridgehead atoms. The lowest BCUT2D eigenvalue weighted by molar-refractivity contribution is 0.109. The molecule has 4 saturated heterocycles. The molecule has 29 heavy (non-hydrogen) atoms. The Hall–Kier alpha value is -0.200. The van der Waals surface area contributed by atoms with Gasteiger partial charge in [0.25, 0.3) is 0 Å². The van der Waals surface area contributed by atoms with E-state index in [0.29, 0.717) is 0 Å². The predicted molar refractivity (Wildman–Crippen MR) is 135 cm³/mol. The molecule has 0 aromatic heterocycles. The predicted octanol–water partition coefficient (Wildman–Crippen LogP) is 4.82. The maximum absolute atomic E-state index is 5.01. The zero-order chi connectivity index (χ0) is 22.8. The van der Waals surface area contributed by atoms with Gasteiger partial charge in [0.15, 0.2) is 0 Å². The van der Waals surface area contributed by atoms with Crippen LogP contribution in [0.1, 0.15) is 93.9 Å². The lowest BCUT2D eigenvalue weighted by Crippen LogP contribution is -2.30. The first kappa shape index (κ1) is 36.2. The van der Waals surface area contributed by atoms with E-state index in [4.69, 9.17) is 4.74 Å². The lowest BCUT2D eigenvalue weighted by Gasteiger charge is -2.10. The van der Waals surface area contributed by atoms with Crippen molar-refractivity contribution in [1.29, 1.82) is 0 Å². The molecule has 0 aliphatic carbocycles. The largest absolute Gasteiger partial charge is 0.379 e. The standard InChI is InChI=1S/C5H11N.C4H9NO.C4H9N.C3H7N.4C2H6/c1-2-4-6-5-3-1;1-3-6-4-2-5-1;1-2-4-5-3-1;1-2-4-3-1;4*1-2/h6H,1-5H2;5H,1-4H2;5H,1-4H2;4H,1-3H2;4*1-2H3. The van der Waals surface area contributed by atoms with Crippen LogP contribution in [-0.4, -0.2) is 65.6 Å². The number of rotatable bonds is 0. The summed E-state index contributed by atoms with van der Waals surface area (Å²) in [6.45, 7) is 27.3. The average molecular weight is 421 g/mol. The van der Waals surface area contributed by atoms with Crippen molar-refractivity contribution in [3.05, 3.63) is 0 Å². The van der Waals surface area contributed by atoms with Gasteiger partial charge >= 0.3 is 0 Å². The Morgan fingerprint density at radius 2 is 0.586 bits per heavy atom. The van der Waals surface area contributed by atoms with Gasteiger partial charge in [0.2, 0.25) is 0 Å². The van der Waals surface area contributed by atoms with Crippen molar-refractivity contribution in [2.75, 3.05) is 65.6 Å². The quantitative estimate of drug-likeness (QED) is 0.453.